The molecule has 100 valence electrons. The molecule has 0 radical (unpaired) electrons. The van der Waals surface area contributed by atoms with Gasteiger partial charge in [-0.25, -0.2) is 0 Å². The quantitative estimate of drug-likeness (QED) is 0.794. The van der Waals surface area contributed by atoms with Crippen molar-refractivity contribution in [3.63, 3.8) is 0 Å². The standard InChI is InChI=1S/C16H20O2Si/c1-13-9-5-7-11-15(13)19(17-3,18-4)16-12-8-6-10-14(16)2/h5-12H,1-4H3. The van der Waals surface area contributed by atoms with E-state index in [1.54, 1.807) is 14.2 Å². The topological polar surface area (TPSA) is 18.5 Å². The zero-order valence-corrected chi connectivity index (χ0v) is 12.9. The molecule has 0 aliphatic heterocycles. The van der Waals surface area contributed by atoms with E-state index in [2.05, 4.69) is 38.1 Å². The Morgan fingerprint density at radius 3 is 1.37 bits per heavy atom. The molecule has 0 spiro atoms. The van der Waals surface area contributed by atoms with Crippen molar-refractivity contribution in [3.8, 4) is 0 Å². The van der Waals surface area contributed by atoms with Crippen LogP contribution in [0.1, 0.15) is 11.1 Å². The SMILES string of the molecule is CO[Si](OC)(c1ccccc1C)c1ccccc1C. The fourth-order valence-electron chi connectivity index (χ4n) is 2.55. The van der Waals surface area contributed by atoms with Gasteiger partial charge in [0.25, 0.3) is 0 Å². The Kier molecular flexibility index (Phi) is 4.19. The number of hydrogen-bond donors (Lipinski definition) is 0. The second kappa shape index (κ2) is 5.69. The van der Waals surface area contributed by atoms with Gasteiger partial charge in [-0.3, -0.25) is 0 Å². The highest BCUT2D eigenvalue weighted by Crippen LogP contribution is 2.12. The molecule has 0 aromatic heterocycles. The highest BCUT2D eigenvalue weighted by Gasteiger charge is 2.42. The summed E-state index contributed by atoms with van der Waals surface area (Å²) in [7, 11) is 0.905. The summed E-state index contributed by atoms with van der Waals surface area (Å²) in [6, 6.07) is 16.6. The maximum Gasteiger partial charge on any atom is 0.407 e. The number of aryl methyl sites for hydroxylation is 2. The van der Waals surface area contributed by atoms with Gasteiger partial charge in [-0.15, -0.1) is 0 Å². The van der Waals surface area contributed by atoms with Crippen molar-refractivity contribution in [1.82, 2.24) is 0 Å². The van der Waals surface area contributed by atoms with E-state index in [1.807, 2.05) is 24.3 Å². The fourth-order valence-corrected chi connectivity index (χ4v) is 5.73. The first-order valence-corrected chi connectivity index (χ1v) is 8.20. The van der Waals surface area contributed by atoms with Crippen LogP contribution >= 0.6 is 0 Å². The molecule has 0 saturated heterocycles. The molecule has 0 fully saturated rings. The van der Waals surface area contributed by atoms with Gasteiger partial charge in [0.15, 0.2) is 0 Å². The molecule has 0 N–H and O–H groups in total. The molecule has 2 aromatic carbocycles. The minimum atomic E-state index is -2.58. The van der Waals surface area contributed by atoms with Gasteiger partial charge >= 0.3 is 8.56 Å². The Labute approximate surface area is 116 Å². The van der Waals surface area contributed by atoms with E-state index in [0.29, 0.717) is 0 Å². The molecule has 0 aliphatic carbocycles. The van der Waals surface area contributed by atoms with Crippen LogP contribution in [0, 0.1) is 13.8 Å². The molecule has 0 unspecified atom stereocenters. The third-order valence-electron chi connectivity index (χ3n) is 3.57. The minimum Gasteiger partial charge on any atom is -0.391 e. The van der Waals surface area contributed by atoms with E-state index in [9.17, 15) is 0 Å². The number of rotatable bonds is 4. The normalized spacial score (nSPS) is 11.6. The number of benzene rings is 2. The van der Waals surface area contributed by atoms with Crippen LogP contribution in [0.2, 0.25) is 0 Å². The minimum absolute atomic E-state index is 1.18. The zero-order chi connectivity index (χ0) is 13.9. The molecule has 0 bridgehead atoms. The summed E-state index contributed by atoms with van der Waals surface area (Å²) < 4.78 is 11.9. The lowest BCUT2D eigenvalue weighted by Crippen LogP contribution is -2.63. The van der Waals surface area contributed by atoms with Crippen LogP contribution in [0.3, 0.4) is 0 Å². The third-order valence-corrected chi connectivity index (χ3v) is 7.26. The van der Waals surface area contributed by atoms with E-state index in [0.717, 1.165) is 0 Å². The summed E-state index contributed by atoms with van der Waals surface area (Å²) in [6.45, 7) is 4.21. The van der Waals surface area contributed by atoms with Crippen LogP contribution in [0.5, 0.6) is 0 Å². The first-order chi connectivity index (χ1) is 9.15. The van der Waals surface area contributed by atoms with Crippen molar-refractivity contribution in [2.45, 2.75) is 13.8 Å². The molecule has 0 atom stereocenters. The van der Waals surface area contributed by atoms with E-state index >= 15 is 0 Å². The summed E-state index contributed by atoms with van der Waals surface area (Å²) >= 11 is 0. The first-order valence-electron chi connectivity index (χ1n) is 6.38. The summed E-state index contributed by atoms with van der Waals surface area (Å²) in [4.78, 5) is 0. The average molecular weight is 272 g/mol. The highest BCUT2D eigenvalue weighted by atomic mass is 28.4. The monoisotopic (exact) mass is 272 g/mol. The lowest BCUT2D eigenvalue weighted by molar-refractivity contribution is 0.272. The van der Waals surface area contributed by atoms with Crippen LogP contribution < -0.4 is 10.4 Å². The molecule has 0 aliphatic rings. The first kappa shape index (κ1) is 14.0. The van der Waals surface area contributed by atoms with Crippen LogP contribution in [-0.2, 0) is 8.85 Å². The molecular formula is C16H20O2Si. The van der Waals surface area contributed by atoms with Gasteiger partial charge in [-0.2, -0.15) is 0 Å². The number of hydrogen-bond acceptors (Lipinski definition) is 2. The molecule has 2 rings (SSSR count). The second-order valence-electron chi connectivity index (χ2n) is 4.65. The Morgan fingerprint density at radius 2 is 1.05 bits per heavy atom. The molecule has 0 saturated carbocycles. The van der Waals surface area contributed by atoms with Crippen molar-refractivity contribution in [1.29, 1.82) is 0 Å². The Morgan fingerprint density at radius 1 is 0.684 bits per heavy atom. The van der Waals surface area contributed by atoms with Gasteiger partial charge in [0.1, 0.15) is 0 Å². The van der Waals surface area contributed by atoms with Gasteiger partial charge in [0.05, 0.1) is 0 Å². The van der Waals surface area contributed by atoms with Gasteiger partial charge < -0.3 is 8.85 Å². The van der Waals surface area contributed by atoms with Crippen LogP contribution in [0.15, 0.2) is 48.5 Å². The summed E-state index contributed by atoms with van der Waals surface area (Å²) in [5, 5.41) is 2.35. The molecule has 3 heteroatoms. The van der Waals surface area contributed by atoms with Crippen LogP contribution in [-0.4, -0.2) is 22.8 Å². The zero-order valence-electron chi connectivity index (χ0n) is 11.9. The van der Waals surface area contributed by atoms with E-state index in [-0.39, 0.29) is 0 Å². The Hall–Kier alpha value is -1.42. The van der Waals surface area contributed by atoms with Crippen LogP contribution in [0.25, 0.3) is 0 Å². The largest absolute Gasteiger partial charge is 0.407 e. The Bertz CT molecular complexity index is 515. The van der Waals surface area contributed by atoms with E-state index < -0.39 is 8.56 Å². The van der Waals surface area contributed by atoms with Gasteiger partial charge in [-0.05, 0) is 25.0 Å². The van der Waals surface area contributed by atoms with Crippen molar-refractivity contribution in [3.05, 3.63) is 59.7 Å². The molecule has 2 nitrogen and oxygen atoms in total. The summed E-state index contributed by atoms with van der Waals surface area (Å²) in [5.74, 6) is 0. The highest BCUT2D eigenvalue weighted by molar-refractivity contribution is 6.93. The maximum atomic E-state index is 5.94. The van der Waals surface area contributed by atoms with Gasteiger partial charge in [-0.1, -0.05) is 48.5 Å². The predicted octanol–water partition coefficient (Wildman–Crippen LogP) is 2.15. The fraction of sp³-hybridized carbons (Fsp3) is 0.250. The summed E-state index contributed by atoms with van der Waals surface area (Å²) in [6.07, 6.45) is 0. The van der Waals surface area contributed by atoms with E-state index in [4.69, 9.17) is 8.85 Å². The van der Waals surface area contributed by atoms with Crippen molar-refractivity contribution in [2.75, 3.05) is 14.2 Å². The smallest absolute Gasteiger partial charge is 0.391 e. The second-order valence-corrected chi connectivity index (χ2v) is 7.78. The molecule has 0 amide bonds. The Balaban J connectivity index is 2.69. The molecule has 19 heavy (non-hydrogen) atoms. The molecular weight excluding hydrogens is 252 g/mol. The van der Waals surface area contributed by atoms with E-state index in [1.165, 1.54) is 21.5 Å². The van der Waals surface area contributed by atoms with Crippen molar-refractivity contribution in [2.24, 2.45) is 0 Å². The van der Waals surface area contributed by atoms with Crippen molar-refractivity contribution >= 4 is 18.9 Å². The third kappa shape index (κ3) is 2.37. The lowest BCUT2D eigenvalue weighted by Gasteiger charge is -2.30. The lowest BCUT2D eigenvalue weighted by atomic mass is 10.2. The maximum absolute atomic E-state index is 5.94. The molecule has 0 heterocycles. The molecule has 2 aromatic rings. The predicted molar refractivity (Wildman–Crippen MR) is 81.4 cm³/mol. The average Bonchev–Trinajstić information content (AvgIpc) is 2.44. The van der Waals surface area contributed by atoms with Crippen LogP contribution in [0.4, 0.5) is 0 Å². The van der Waals surface area contributed by atoms with Gasteiger partial charge in [0, 0.05) is 24.6 Å². The van der Waals surface area contributed by atoms with Gasteiger partial charge in [0.2, 0.25) is 0 Å². The summed E-state index contributed by atoms with van der Waals surface area (Å²) in [5.41, 5.74) is 2.42. The van der Waals surface area contributed by atoms with Crippen molar-refractivity contribution < 1.29 is 8.85 Å².